The number of carbonyl (C=O) groups excluding carboxylic acids is 1. The predicted molar refractivity (Wildman–Crippen MR) is 57.4 cm³/mol. The summed E-state index contributed by atoms with van der Waals surface area (Å²) in [4.78, 5) is 11.4. The lowest BCUT2D eigenvalue weighted by molar-refractivity contribution is -0.123. The van der Waals surface area contributed by atoms with Crippen LogP contribution < -0.4 is 5.32 Å². The first kappa shape index (κ1) is 14.9. The predicted octanol–water partition coefficient (Wildman–Crippen LogP) is 3.22. The summed E-state index contributed by atoms with van der Waals surface area (Å²) in [6.45, 7) is -1.52. The van der Waals surface area contributed by atoms with E-state index in [0.717, 1.165) is 12.1 Å². The first-order valence-corrected chi connectivity index (χ1v) is 5.42. The third-order valence-corrected chi connectivity index (χ3v) is 2.67. The van der Waals surface area contributed by atoms with Gasteiger partial charge in [-0.3, -0.25) is 4.79 Å². The first-order chi connectivity index (χ1) is 8.24. The van der Waals surface area contributed by atoms with Gasteiger partial charge >= 0.3 is 12.3 Å². The molecule has 1 N–H and O–H groups in total. The largest absolute Gasteiger partial charge is 0.346 e. The molecule has 0 atom stereocenters. The molecule has 2 nitrogen and oxygen atoms in total. The molecule has 0 bridgehead atoms. The van der Waals surface area contributed by atoms with E-state index in [1.165, 1.54) is 6.07 Å². The van der Waals surface area contributed by atoms with Gasteiger partial charge in [0.05, 0.1) is 12.1 Å². The molecule has 100 valence electrons. The molecule has 1 amide bonds. The van der Waals surface area contributed by atoms with E-state index < -0.39 is 30.6 Å². The maximum absolute atomic E-state index is 12.8. The minimum absolute atomic E-state index is 0.168. The van der Waals surface area contributed by atoms with Crippen LogP contribution in [0.1, 0.15) is 10.4 Å². The summed E-state index contributed by atoms with van der Waals surface area (Å²) < 4.78 is 61.8. The number of alkyl halides is 4. The fourth-order valence-corrected chi connectivity index (χ4v) is 1.47. The van der Waals surface area contributed by atoms with Crippen molar-refractivity contribution in [1.29, 1.82) is 0 Å². The lowest BCUT2D eigenvalue weighted by Gasteiger charge is -2.16. The van der Waals surface area contributed by atoms with E-state index in [9.17, 15) is 26.7 Å². The van der Waals surface area contributed by atoms with Crippen LogP contribution in [0, 0.1) is 5.82 Å². The summed E-state index contributed by atoms with van der Waals surface area (Å²) in [5, 5.41) is 1.62. The Morgan fingerprint density at radius 1 is 1.39 bits per heavy atom. The highest BCUT2D eigenvalue weighted by molar-refractivity contribution is 9.10. The fraction of sp³-hybridized carbons (Fsp3) is 0.300. The molecule has 0 aliphatic rings. The molecular formula is C10H7BrF5NO. The Morgan fingerprint density at radius 3 is 2.56 bits per heavy atom. The van der Waals surface area contributed by atoms with Crippen LogP contribution in [-0.4, -0.2) is 24.8 Å². The van der Waals surface area contributed by atoms with Crippen LogP contribution in [0.4, 0.5) is 22.0 Å². The Bertz CT molecular complexity index is 452. The first-order valence-electron chi connectivity index (χ1n) is 4.63. The third-order valence-electron chi connectivity index (χ3n) is 1.98. The number of benzene rings is 1. The van der Waals surface area contributed by atoms with Gasteiger partial charge < -0.3 is 5.32 Å². The number of carbonyl (C=O) groups is 1. The topological polar surface area (TPSA) is 29.1 Å². The van der Waals surface area contributed by atoms with Gasteiger partial charge in [0.1, 0.15) is 5.82 Å². The zero-order valence-electron chi connectivity index (χ0n) is 8.69. The average molecular weight is 332 g/mol. The number of hydrogen-bond donors (Lipinski definition) is 1. The van der Waals surface area contributed by atoms with Crippen LogP contribution in [0.25, 0.3) is 0 Å². The molecule has 0 heterocycles. The lowest BCUT2D eigenvalue weighted by atomic mass is 10.2. The summed E-state index contributed by atoms with van der Waals surface area (Å²) in [5.74, 6) is -6.14. The van der Waals surface area contributed by atoms with E-state index in [0.29, 0.717) is 0 Å². The highest BCUT2D eigenvalue weighted by Gasteiger charge is 2.40. The van der Waals surface area contributed by atoms with E-state index in [2.05, 4.69) is 15.9 Å². The van der Waals surface area contributed by atoms with Gasteiger partial charge in [-0.15, -0.1) is 0 Å². The van der Waals surface area contributed by atoms with Gasteiger partial charge in [-0.2, -0.15) is 8.78 Å². The van der Waals surface area contributed by atoms with Gasteiger partial charge in [-0.1, -0.05) is 0 Å². The number of amides is 1. The minimum Gasteiger partial charge on any atom is -0.346 e. The molecule has 1 rings (SSSR count). The van der Waals surface area contributed by atoms with Crippen molar-refractivity contribution in [2.45, 2.75) is 12.3 Å². The monoisotopic (exact) mass is 331 g/mol. The summed E-state index contributed by atoms with van der Waals surface area (Å²) in [5.41, 5.74) is -0.250. The van der Waals surface area contributed by atoms with Crippen LogP contribution in [0.5, 0.6) is 0 Å². The quantitative estimate of drug-likeness (QED) is 0.843. The van der Waals surface area contributed by atoms with Crippen molar-refractivity contribution >= 4 is 21.8 Å². The molecule has 0 aliphatic heterocycles. The Balaban J connectivity index is 2.75. The van der Waals surface area contributed by atoms with Crippen LogP contribution in [-0.2, 0) is 0 Å². The van der Waals surface area contributed by atoms with Gasteiger partial charge in [0.15, 0.2) is 0 Å². The molecule has 0 fully saturated rings. The second kappa shape index (κ2) is 5.64. The Kier molecular flexibility index (Phi) is 4.66. The van der Waals surface area contributed by atoms with Gasteiger partial charge in [0.25, 0.3) is 5.91 Å². The van der Waals surface area contributed by atoms with E-state index >= 15 is 0 Å². The van der Waals surface area contributed by atoms with Gasteiger partial charge in [-0.05, 0) is 34.1 Å². The van der Waals surface area contributed by atoms with Crippen molar-refractivity contribution in [1.82, 2.24) is 5.32 Å². The molecule has 0 spiro atoms. The maximum atomic E-state index is 12.8. The van der Waals surface area contributed by atoms with Gasteiger partial charge in [0.2, 0.25) is 0 Å². The van der Waals surface area contributed by atoms with E-state index in [4.69, 9.17) is 0 Å². The SMILES string of the molecule is O=C(NCC(F)(F)C(F)F)c1cc(F)ccc1Br. The van der Waals surface area contributed by atoms with E-state index in [1.54, 1.807) is 5.32 Å². The molecule has 0 aliphatic carbocycles. The molecule has 18 heavy (non-hydrogen) atoms. The van der Waals surface area contributed by atoms with Crippen molar-refractivity contribution < 1.29 is 26.7 Å². The lowest BCUT2D eigenvalue weighted by Crippen LogP contribution is -2.41. The molecule has 0 saturated heterocycles. The number of hydrogen-bond acceptors (Lipinski definition) is 1. The zero-order valence-corrected chi connectivity index (χ0v) is 10.3. The number of halogens is 6. The van der Waals surface area contributed by atoms with Crippen LogP contribution >= 0.6 is 15.9 Å². The average Bonchev–Trinajstić information content (AvgIpc) is 2.29. The van der Waals surface area contributed by atoms with Gasteiger partial charge in [-0.25, -0.2) is 13.2 Å². The molecular weight excluding hydrogens is 325 g/mol. The molecule has 8 heteroatoms. The Morgan fingerprint density at radius 2 is 2.00 bits per heavy atom. The molecule has 0 unspecified atom stereocenters. The highest BCUT2D eigenvalue weighted by Crippen LogP contribution is 2.22. The molecule has 0 aromatic heterocycles. The second-order valence-electron chi connectivity index (χ2n) is 3.37. The smallest absolute Gasteiger partial charge is 0.324 e. The Hall–Kier alpha value is -1.18. The summed E-state index contributed by atoms with van der Waals surface area (Å²) in [6, 6.07) is 3.06. The fourth-order valence-electron chi connectivity index (χ4n) is 1.04. The maximum Gasteiger partial charge on any atom is 0.324 e. The van der Waals surface area contributed by atoms with Crippen molar-refractivity contribution in [3.63, 3.8) is 0 Å². The van der Waals surface area contributed by atoms with Crippen LogP contribution in [0.2, 0.25) is 0 Å². The summed E-state index contributed by atoms with van der Waals surface area (Å²) in [7, 11) is 0. The standard InChI is InChI=1S/C10H7BrF5NO/c11-7-2-1-5(12)3-6(7)8(18)17-4-10(15,16)9(13)14/h1-3,9H,4H2,(H,17,18). The minimum atomic E-state index is -4.32. The third kappa shape index (κ3) is 3.66. The van der Waals surface area contributed by atoms with E-state index in [-0.39, 0.29) is 10.0 Å². The Labute approximate surface area is 107 Å². The van der Waals surface area contributed by atoms with E-state index in [1.807, 2.05) is 0 Å². The second-order valence-corrected chi connectivity index (χ2v) is 4.22. The number of rotatable bonds is 4. The molecule has 0 saturated carbocycles. The van der Waals surface area contributed by atoms with Crippen LogP contribution in [0.3, 0.4) is 0 Å². The van der Waals surface area contributed by atoms with Crippen molar-refractivity contribution in [3.8, 4) is 0 Å². The molecule has 1 aromatic rings. The highest BCUT2D eigenvalue weighted by atomic mass is 79.9. The van der Waals surface area contributed by atoms with Crippen molar-refractivity contribution in [2.24, 2.45) is 0 Å². The summed E-state index contributed by atoms with van der Waals surface area (Å²) >= 11 is 2.92. The van der Waals surface area contributed by atoms with Crippen LogP contribution in [0.15, 0.2) is 22.7 Å². The zero-order chi connectivity index (χ0) is 13.9. The normalized spacial score (nSPS) is 11.7. The van der Waals surface area contributed by atoms with Gasteiger partial charge in [0, 0.05) is 4.47 Å². The van der Waals surface area contributed by atoms with Crippen molar-refractivity contribution in [3.05, 3.63) is 34.1 Å². The van der Waals surface area contributed by atoms with Crippen molar-refractivity contribution in [2.75, 3.05) is 6.54 Å². The molecule has 1 aromatic carbocycles. The molecule has 0 radical (unpaired) electrons. The number of nitrogens with one attached hydrogen (secondary N) is 1. The summed E-state index contributed by atoms with van der Waals surface area (Å²) in [6.07, 6.45) is -3.88.